The number of fused-ring (bicyclic) bond motifs is 5. The maximum absolute atomic E-state index is 15.2. The average molecular weight is 965 g/mol. The lowest BCUT2D eigenvalue weighted by Gasteiger charge is -2.67. The molecule has 0 spiro atoms. The number of aliphatic hydroxyl groups is 3. The third-order valence-electron chi connectivity index (χ3n) is 14.3. The number of hydrogen-bond acceptors (Lipinski definition) is 17. The minimum atomic E-state index is -2.47. The van der Waals surface area contributed by atoms with Gasteiger partial charge in [-0.15, -0.1) is 0 Å². The van der Waals surface area contributed by atoms with E-state index in [9.17, 15) is 44.4 Å². The molecule has 4 aliphatic rings. The predicted molar refractivity (Wildman–Crippen MR) is 242 cm³/mol. The topological polar surface area (TPSA) is 271 Å². The molecule has 2 bridgehead atoms. The normalized spacial score (nSPS) is 30.6. The van der Waals surface area contributed by atoms with Crippen molar-refractivity contribution < 1.29 is 82.4 Å². The van der Waals surface area contributed by atoms with Crippen molar-refractivity contribution in [2.24, 2.45) is 16.7 Å². The summed E-state index contributed by atoms with van der Waals surface area (Å²) in [7, 11) is 3.01. The molecule has 12 atom stereocenters. The number of ketones is 1. The molecule has 5 N–H and O–H groups in total. The number of nitrogens with one attached hydrogen (secondary N) is 1. The molecule has 0 aromatic heterocycles. The SMILES string of the molecule is CC(=O)O[C@@]12CO[C@@H]1C[C@H](O)[C@@]1(C)C(=O)[C@H](O)C3=C(C)[C@@H](OC(=O)[C@H](OC(=O)[C@H](CCC(=O)O)N(C)C)[C@@H](NC(=O)OC(C)(C)C)c4ccccc4)C[C@@](O)([C@@H](OC(=O)c4ccccc4)[C@H]21)C3(C)C. The van der Waals surface area contributed by atoms with Crippen LogP contribution in [0, 0.1) is 16.7 Å². The number of carboxylic acids is 1. The van der Waals surface area contributed by atoms with E-state index in [4.69, 9.17) is 28.4 Å². The van der Waals surface area contributed by atoms with Crippen molar-refractivity contribution in [3.8, 4) is 0 Å². The summed E-state index contributed by atoms with van der Waals surface area (Å²) in [5.41, 5.74) is -8.92. The lowest BCUT2D eigenvalue weighted by molar-refractivity contribution is -0.346. The van der Waals surface area contributed by atoms with E-state index in [-0.39, 0.29) is 41.7 Å². The second kappa shape index (κ2) is 19.6. The first-order chi connectivity index (χ1) is 32.1. The summed E-state index contributed by atoms with van der Waals surface area (Å²) in [5, 5.41) is 50.3. The van der Waals surface area contributed by atoms with Gasteiger partial charge in [-0.3, -0.25) is 24.1 Å². The summed E-state index contributed by atoms with van der Waals surface area (Å²) < 4.78 is 36.1. The molecule has 2 aromatic carbocycles. The van der Waals surface area contributed by atoms with Gasteiger partial charge in [-0.2, -0.15) is 0 Å². The Bertz CT molecular complexity index is 2350. The van der Waals surface area contributed by atoms with Crippen molar-refractivity contribution in [2.45, 2.75) is 147 Å². The van der Waals surface area contributed by atoms with E-state index in [1.807, 2.05) is 0 Å². The Morgan fingerprint density at radius 3 is 2.07 bits per heavy atom. The van der Waals surface area contributed by atoms with Gasteiger partial charge in [-0.05, 0) is 84.0 Å². The maximum atomic E-state index is 15.2. The number of nitrogens with zero attached hydrogens (tertiary/aromatic N) is 1. The number of carboxylic acid groups (broad SMARTS) is 1. The Morgan fingerprint density at radius 2 is 1.54 bits per heavy atom. The molecule has 19 heteroatoms. The smallest absolute Gasteiger partial charge is 0.408 e. The minimum Gasteiger partial charge on any atom is -0.481 e. The van der Waals surface area contributed by atoms with E-state index < -0.39 is 137 Å². The molecule has 19 nitrogen and oxygen atoms in total. The standard InChI is InChI=1S/C50H64N2O17/c1-26-31(65-44(61)38(66-43(60)30(52(9)10)21-22-34(55)56)36(28-17-13-11-14-18-28)51-45(62)69-46(3,4)5)24-50(63)41(67-42(59)29-19-15-12-16-20-29)39-48(8,40(58)37(57)35(26)47(50,6)7)32(54)23-33-49(39,25-64-33)68-27(2)53/h11-20,30-33,36-39,41,54,57,63H,21-25H2,1-10H3,(H,51,62)(H,55,56)/t30-,31-,32-,33+,36-,37+,38+,39-,41-,48+,49-,50+/m0/s1. The summed E-state index contributed by atoms with van der Waals surface area (Å²) in [6, 6.07) is 12.9. The Kier molecular flexibility index (Phi) is 14.9. The van der Waals surface area contributed by atoms with Crippen LogP contribution in [0.3, 0.4) is 0 Å². The molecule has 6 rings (SSSR count). The van der Waals surface area contributed by atoms with Gasteiger partial charge in [0.15, 0.2) is 11.4 Å². The third-order valence-corrected chi connectivity index (χ3v) is 14.3. The third kappa shape index (κ3) is 9.88. The monoisotopic (exact) mass is 964 g/mol. The molecule has 3 aliphatic carbocycles. The summed E-state index contributed by atoms with van der Waals surface area (Å²) in [5.74, 6) is -7.91. The van der Waals surface area contributed by atoms with Gasteiger partial charge < -0.3 is 54.2 Å². The van der Waals surface area contributed by atoms with E-state index in [0.29, 0.717) is 0 Å². The van der Waals surface area contributed by atoms with Crippen LogP contribution in [0.1, 0.15) is 103 Å². The lowest BCUT2D eigenvalue weighted by atomic mass is 9.44. The number of rotatable bonds is 14. The highest BCUT2D eigenvalue weighted by Crippen LogP contribution is 2.64. The number of aliphatic hydroxyl groups excluding tert-OH is 2. The number of alkyl carbamates (subject to hydrolysis) is 1. The fourth-order valence-electron chi connectivity index (χ4n) is 10.7. The number of benzene rings is 2. The average Bonchev–Trinajstić information content (AvgIpc) is 3.25. The Hall–Kier alpha value is -5.73. The van der Waals surface area contributed by atoms with Gasteiger partial charge >= 0.3 is 35.9 Å². The number of aliphatic carboxylic acids is 1. The Labute approximate surface area is 400 Å². The molecular weight excluding hydrogens is 901 g/mol. The molecule has 376 valence electrons. The Balaban J connectivity index is 1.54. The molecule has 3 fully saturated rings. The predicted octanol–water partition coefficient (Wildman–Crippen LogP) is 3.61. The molecule has 0 radical (unpaired) electrons. The fraction of sp³-hybridized carbons (Fsp3) is 0.580. The number of amides is 1. The summed E-state index contributed by atoms with van der Waals surface area (Å²) in [6.45, 7) is 11.5. The van der Waals surface area contributed by atoms with Crippen LogP contribution in [0.4, 0.5) is 4.79 Å². The van der Waals surface area contributed by atoms with Gasteiger partial charge in [0.1, 0.15) is 47.7 Å². The number of hydrogen-bond donors (Lipinski definition) is 5. The first-order valence-corrected chi connectivity index (χ1v) is 22.9. The zero-order valence-electron chi connectivity index (χ0n) is 40.5. The van der Waals surface area contributed by atoms with Gasteiger partial charge in [-0.1, -0.05) is 62.4 Å². The van der Waals surface area contributed by atoms with Crippen molar-refractivity contribution in [3.05, 3.63) is 82.9 Å². The second-order valence-electron chi connectivity index (χ2n) is 20.4. The quantitative estimate of drug-likeness (QED) is 0.103. The summed E-state index contributed by atoms with van der Waals surface area (Å²) in [4.78, 5) is 98.5. The van der Waals surface area contributed by atoms with E-state index >= 15 is 9.59 Å². The maximum Gasteiger partial charge on any atom is 0.408 e. The van der Waals surface area contributed by atoms with Crippen molar-refractivity contribution in [1.82, 2.24) is 10.2 Å². The zero-order valence-corrected chi connectivity index (χ0v) is 40.5. The van der Waals surface area contributed by atoms with Crippen LogP contribution in [0.15, 0.2) is 71.8 Å². The van der Waals surface area contributed by atoms with Gasteiger partial charge in [0.25, 0.3) is 0 Å². The van der Waals surface area contributed by atoms with Crippen LogP contribution in [0.25, 0.3) is 0 Å². The van der Waals surface area contributed by atoms with E-state index in [1.54, 1.807) is 69.3 Å². The van der Waals surface area contributed by atoms with Gasteiger partial charge in [0, 0.05) is 31.6 Å². The summed E-state index contributed by atoms with van der Waals surface area (Å²) >= 11 is 0. The zero-order chi connectivity index (χ0) is 51.2. The second-order valence-corrected chi connectivity index (χ2v) is 20.4. The Morgan fingerprint density at radius 1 is 0.928 bits per heavy atom. The molecule has 2 saturated carbocycles. The highest BCUT2D eigenvalue weighted by atomic mass is 16.6. The van der Waals surface area contributed by atoms with Crippen LogP contribution in [-0.4, -0.2) is 147 Å². The van der Waals surface area contributed by atoms with Gasteiger partial charge in [-0.25, -0.2) is 14.4 Å². The number of Topliss-reactive ketones (excluding diaryl/α,β-unsaturated/α-hetero) is 1. The van der Waals surface area contributed by atoms with Crippen molar-refractivity contribution in [3.63, 3.8) is 0 Å². The van der Waals surface area contributed by atoms with E-state index in [2.05, 4.69) is 5.32 Å². The van der Waals surface area contributed by atoms with Crippen molar-refractivity contribution >= 4 is 41.7 Å². The fourth-order valence-corrected chi connectivity index (χ4v) is 10.7. The number of carbonyl (C=O) groups is 7. The number of esters is 4. The van der Waals surface area contributed by atoms with Crippen LogP contribution in [-0.2, 0) is 52.4 Å². The van der Waals surface area contributed by atoms with Gasteiger partial charge in [0.05, 0.1) is 29.6 Å². The molecule has 2 aromatic rings. The van der Waals surface area contributed by atoms with Crippen LogP contribution in [0.5, 0.6) is 0 Å². The van der Waals surface area contributed by atoms with Crippen molar-refractivity contribution in [2.75, 3.05) is 20.7 Å². The lowest BCUT2D eigenvalue weighted by Crippen LogP contribution is -2.81. The number of ether oxygens (including phenoxy) is 6. The molecule has 1 saturated heterocycles. The summed E-state index contributed by atoms with van der Waals surface area (Å²) in [6.07, 6.45) is -12.9. The minimum absolute atomic E-state index is 0.0348. The number of likely N-dealkylation sites (N-methyl/N-ethyl adjacent to an activating group) is 1. The van der Waals surface area contributed by atoms with E-state index in [0.717, 1.165) is 6.92 Å². The molecule has 1 amide bonds. The van der Waals surface area contributed by atoms with Crippen LogP contribution in [0.2, 0.25) is 0 Å². The largest absolute Gasteiger partial charge is 0.481 e. The van der Waals surface area contributed by atoms with Crippen LogP contribution >= 0.6 is 0 Å². The molecular formula is C50H64N2O17. The van der Waals surface area contributed by atoms with E-state index in [1.165, 1.54) is 58.8 Å². The van der Waals surface area contributed by atoms with Crippen LogP contribution < -0.4 is 5.32 Å². The molecule has 69 heavy (non-hydrogen) atoms. The molecule has 0 unspecified atom stereocenters. The first-order valence-electron chi connectivity index (χ1n) is 22.9. The van der Waals surface area contributed by atoms with Crippen molar-refractivity contribution in [1.29, 1.82) is 0 Å². The number of carbonyl (C=O) groups excluding carboxylic acids is 6. The molecule has 1 heterocycles. The molecule has 1 aliphatic heterocycles. The highest BCUT2D eigenvalue weighted by Gasteiger charge is 2.78. The first kappa shape index (κ1) is 52.6. The van der Waals surface area contributed by atoms with Gasteiger partial charge in [0.2, 0.25) is 6.10 Å². The highest BCUT2D eigenvalue weighted by molar-refractivity contribution is 5.94.